The number of ether oxygens (including phenoxy) is 1. The molecule has 0 saturated carbocycles. The fraction of sp³-hybridized carbons (Fsp3) is 0.375. The van der Waals surface area contributed by atoms with Crippen molar-refractivity contribution in [1.82, 2.24) is 29.5 Å². The Bertz CT molecular complexity index is 947. The van der Waals surface area contributed by atoms with E-state index in [0.29, 0.717) is 15.5 Å². The zero-order valence-corrected chi connectivity index (χ0v) is 20.9. The summed E-state index contributed by atoms with van der Waals surface area (Å²) in [6.45, 7) is 7.93. The number of nitrogens with zero attached hydrogens (tertiary/aromatic N) is 6. The molecule has 0 radical (unpaired) electrons. The van der Waals surface area contributed by atoms with Gasteiger partial charge in [-0.25, -0.2) is 13.8 Å². The largest absolute Gasteiger partial charge is 0.421 e. The Hall–Kier alpha value is -1.04. The predicted molar refractivity (Wildman–Crippen MR) is 115 cm³/mol. The first-order chi connectivity index (χ1) is 13.1. The Morgan fingerprint density at radius 1 is 0.964 bits per heavy atom. The molecular weight excluding hydrogens is 586 g/mol. The Morgan fingerprint density at radius 3 is 2.04 bits per heavy atom. The van der Waals surface area contributed by atoms with Crippen molar-refractivity contribution in [3.05, 3.63) is 43.2 Å². The third-order valence-electron chi connectivity index (χ3n) is 3.23. The molecule has 12 heteroatoms. The molecule has 0 amide bonds. The lowest BCUT2D eigenvalue weighted by Crippen LogP contribution is -2.05. The van der Waals surface area contributed by atoms with Gasteiger partial charge in [-0.3, -0.25) is 0 Å². The highest BCUT2D eigenvalue weighted by Crippen LogP contribution is 2.29. The molecule has 0 unspecified atom stereocenters. The van der Waals surface area contributed by atoms with Crippen LogP contribution in [0.2, 0.25) is 5.02 Å². The average molecular weight is 604 g/mol. The Morgan fingerprint density at radius 2 is 1.54 bits per heavy atom. The number of halogens is 5. The van der Waals surface area contributed by atoms with Crippen molar-refractivity contribution < 1.29 is 9.13 Å². The van der Waals surface area contributed by atoms with E-state index >= 15 is 0 Å². The van der Waals surface area contributed by atoms with E-state index in [1.807, 2.05) is 27.7 Å². The second kappa shape index (κ2) is 10.1. The molecule has 2 heterocycles. The maximum Gasteiger partial charge on any atom is 0.321 e. The van der Waals surface area contributed by atoms with Gasteiger partial charge in [-0.1, -0.05) is 17.7 Å². The van der Waals surface area contributed by atoms with Crippen molar-refractivity contribution in [3.63, 3.8) is 0 Å². The van der Waals surface area contributed by atoms with Gasteiger partial charge in [0, 0.05) is 6.04 Å². The minimum atomic E-state index is -0.617. The Balaban J connectivity index is 0.000000237. The molecule has 0 atom stereocenters. The van der Waals surface area contributed by atoms with Crippen LogP contribution in [0.15, 0.2) is 32.4 Å². The molecule has 28 heavy (non-hydrogen) atoms. The molecule has 0 aliphatic rings. The number of benzene rings is 1. The zero-order valence-electron chi connectivity index (χ0n) is 15.4. The standard InChI is InChI=1S/C11H10BrClFN3O.C5H7Br2N3/c1-6(2)17-11(15-10(12)16-17)18-8-5-3-4-7(13)9(8)14;1-3(2)10-5(7)8-4(6)9-10/h3-6H,1-2H3;3H,1-2H3. The van der Waals surface area contributed by atoms with Gasteiger partial charge in [0.2, 0.25) is 9.47 Å². The summed E-state index contributed by atoms with van der Waals surface area (Å²) in [4.78, 5) is 8.05. The molecule has 0 aliphatic carbocycles. The fourth-order valence-electron chi connectivity index (χ4n) is 1.96. The van der Waals surface area contributed by atoms with E-state index in [4.69, 9.17) is 16.3 Å². The van der Waals surface area contributed by atoms with Gasteiger partial charge in [0.25, 0.3) is 0 Å². The number of hydrogen-bond donors (Lipinski definition) is 0. The van der Waals surface area contributed by atoms with Crippen molar-refractivity contribution in [1.29, 1.82) is 0 Å². The first kappa shape index (κ1) is 23.2. The summed E-state index contributed by atoms with van der Waals surface area (Å²) in [6.07, 6.45) is 0. The minimum Gasteiger partial charge on any atom is -0.421 e. The first-order valence-corrected chi connectivity index (χ1v) is 10.9. The van der Waals surface area contributed by atoms with Crippen LogP contribution < -0.4 is 4.74 Å². The lowest BCUT2D eigenvalue weighted by Gasteiger charge is -2.10. The van der Waals surface area contributed by atoms with Crippen molar-refractivity contribution in [2.24, 2.45) is 0 Å². The lowest BCUT2D eigenvalue weighted by molar-refractivity contribution is 0.360. The van der Waals surface area contributed by atoms with Crippen LogP contribution in [0.1, 0.15) is 39.8 Å². The molecule has 3 aromatic rings. The van der Waals surface area contributed by atoms with Gasteiger partial charge in [-0.2, -0.15) is 9.97 Å². The van der Waals surface area contributed by atoms with Gasteiger partial charge in [0.1, 0.15) is 0 Å². The number of hydrogen-bond acceptors (Lipinski definition) is 5. The lowest BCUT2D eigenvalue weighted by atomic mass is 10.3. The van der Waals surface area contributed by atoms with Crippen molar-refractivity contribution in [3.8, 4) is 11.8 Å². The molecule has 0 fully saturated rings. The van der Waals surface area contributed by atoms with Crippen LogP contribution in [0.3, 0.4) is 0 Å². The van der Waals surface area contributed by atoms with Gasteiger partial charge in [-0.05, 0) is 87.6 Å². The molecule has 3 rings (SSSR count). The second-order valence-corrected chi connectivity index (χ2v) is 8.58. The topological polar surface area (TPSA) is 70.7 Å². The highest BCUT2D eigenvalue weighted by atomic mass is 79.9. The normalized spacial score (nSPS) is 11.0. The maximum atomic E-state index is 13.7. The number of aromatic nitrogens is 6. The summed E-state index contributed by atoms with van der Waals surface area (Å²) < 4.78 is 24.2. The van der Waals surface area contributed by atoms with Gasteiger partial charge in [0.05, 0.1) is 11.1 Å². The summed E-state index contributed by atoms with van der Waals surface area (Å²) in [5, 5.41) is 8.19. The maximum absolute atomic E-state index is 13.7. The molecule has 0 bridgehead atoms. The Labute approximate surface area is 192 Å². The van der Waals surface area contributed by atoms with E-state index in [0.717, 1.165) is 4.73 Å². The first-order valence-electron chi connectivity index (χ1n) is 8.11. The van der Waals surface area contributed by atoms with Crippen molar-refractivity contribution in [2.75, 3.05) is 0 Å². The third-order valence-corrected chi connectivity index (χ3v) is 4.74. The molecule has 0 saturated heterocycles. The van der Waals surface area contributed by atoms with Gasteiger partial charge >= 0.3 is 6.01 Å². The van der Waals surface area contributed by atoms with E-state index in [1.165, 1.54) is 12.1 Å². The fourth-order valence-corrected chi connectivity index (χ4v) is 3.68. The molecule has 7 nitrogen and oxygen atoms in total. The molecular formula is C16H17Br3ClFN6O. The van der Waals surface area contributed by atoms with E-state index in [1.54, 1.807) is 15.4 Å². The third kappa shape index (κ3) is 5.98. The van der Waals surface area contributed by atoms with E-state index in [2.05, 4.69) is 68.0 Å². The summed E-state index contributed by atoms with van der Waals surface area (Å²) in [7, 11) is 0. The van der Waals surface area contributed by atoms with E-state index in [-0.39, 0.29) is 22.8 Å². The number of rotatable bonds is 4. The predicted octanol–water partition coefficient (Wildman–Crippen LogP) is 6.59. The van der Waals surface area contributed by atoms with Gasteiger partial charge in [0.15, 0.2) is 16.3 Å². The molecule has 2 aromatic heterocycles. The average Bonchev–Trinajstić information content (AvgIpc) is 3.14. The van der Waals surface area contributed by atoms with Crippen LogP contribution in [0.25, 0.3) is 0 Å². The second-order valence-electron chi connectivity index (χ2n) is 6.04. The zero-order chi connectivity index (χ0) is 21.0. The molecule has 152 valence electrons. The molecule has 0 aliphatic heterocycles. The van der Waals surface area contributed by atoms with Crippen LogP contribution in [-0.2, 0) is 0 Å². The Kier molecular flexibility index (Phi) is 8.41. The van der Waals surface area contributed by atoms with Crippen LogP contribution in [0.4, 0.5) is 4.39 Å². The van der Waals surface area contributed by atoms with Gasteiger partial charge < -0.3 is 4.74 Å². The van der Waals surface area contributed by atoms with Crippen molar-refractivity contribution in [2.45, 2.75) is 39.8 Å². The van der Waals surface area contributed by atoms with Gasteiger partial charge in [-0.15, -0.1) is 10.2 Å². The molecule has 0 spiro atoms. The van der Waals surface area contributed by atoms with Crippen LogP contribution in [0, 0.1) is 5.82 Å². The molecule has 0 N–H and O–H groups in total. The smallest absolute Gasteiger partial charge is 0.321 e. The SMILES string of the molecule is CC(C)n1nc(Br)nc1Br.CC(C)n1nc(Br)nc1Oc1cccc(Cl)c1F. The quantitative estimate of drug-likeness (QED) is 0.337. The minimum absolute atomic E-state index is 0.00202. The highest BCUT2D eigenvalue weighted by molar-refractivity contribution is 9.11. The van der Waals surface area contributed by atoms with E-state index < -0.39 is 5.82 Å². The summed E-state index contributed by atoms with van der Waals surface area (Å²) in [5.74, 6) is -0.599. The molecule has 1 aromatic carbocycles. The van der Waals surface area contributed by atoms with Crippen molar-refractivity contribution >= 4 is 59.4 Å². The highest BCUT2D eigenvalue weighted by Gasteiger charge is 2.16. The van der Waals surface area contributed by atoms with Crippen LogP contribution >= 0.6 is 59.4 Å². The summed E-state index contributed by atoms with van der Waals surface area (Å²) >= 11 is 15.3. The van der Waals surface area contributed by atoms with Crippen LogP contribution in [0.5, 0.6) is 11.8 Å². The summed E-state index contributed by atoms with van der Waals surface area (Å²) in [6, 6.07) is 5.12. The van der Waals surface area contributed by atoms with E-state index in [9.17, 15) is 4.39 Å². The monoisotopic (exact) mass is 600 g/mol. The summed E-state index contributed by atoms with van der Waals surface area (Å²) in [5.41, 5.74) is 0. The van der Waals surface area contributed by atoms with Crippen LogP contribution in [-0.4, -0.2) is 29.5 Å².